The van der Waals surface area contributed by atoms with Crippen molar-refractivity contribution in [2.45, 2.75) is 0 Å². The average Bonchev–Trinajstić information content (AvgIpc) is 2.94. The number of thioether (sulfide) groups is 1. The third-order valence-corrected chi connectivity index (χ3v) is 5.05. The van der Waals surface area contributed by atoms with Crippen LogP contribution < -0.4 is 15.4 Å². The van der Waals surface area contributed by atoms with Crippen LogP contribution in [0.15, 0.2) is 51.8 Å². The lowest BCUT2D eigenvalue weighted by molar-refractivity contribution is -0.118. The number of hydrogen-bond acceptors (Lipinski definition) is 5. The monoisotopic (exact) mass is 466 g/mol. The summed E-state index contributed by atoms with van der Waals surface area (Å²) in [7, 11) is 0. The molecule has 1 fully saturated rings. The van der Waals surface area contributed by atoms with Crippen molar-refractivity contribution in [2.24, 2.45) is 0 Å². The van der Waals surface area contributed by atoms with Crippen LogP contribution in [0.3, 0.4) is 0 Å². The fourth-order valence-electron chi connectivity index (χ4n) is 2.16. The van der Waals surface area contributed by atoms with Crippen LogP contribution in [0.1, 0.15) is 5.56 Å². The highest BCUT2D eigenvalue weighted by Gasteiger charge is 2.21. The van der Waals surface area contributed by atoms with Crippen molar-refractivity contribution in [2.75, 3.05) is 11.9 Å². The molecule has 0 atom stereocenters. The predicted molar refractivity (Wildman–Crippen MR) is 111 cm³/mol. The lowest BCUT2D eigenvalue weighted by Gasteiger charge is -2.08. The Morgan fingerprint density at radius 2 is 2.04 bits per heavy atom. The van der Waals surface area contributed by atoms with E-state index in [1.54, 1.807) is 36.4 Å². The molecule has 0 aromatic heterocycles. The van der Waals surface area contributed by atoms with Gasteiger partial charge in [0.2, 0.25) is 0 Å². The Labute approximate surface area is 172 Å². The first-order chi connectivity index (χ1) is 12.9. The molecule has 2 aromatic carbocycles. The molecular formula is C18H12BrFN2O3S2. The molecule has 0 saturated carbocycles. The van der Waals surface area contributed by atoms with Gasteiger partial charge in [0.1, 0.15) is 15.9 Å². The summed E-state index contributed by atoms with van der Waals surface area (Å²) in [5.74, 6) is -0.761. The fraction of sp³-hybridized carbons (Fsp3) is 0.0556. The van der Waals surface area contributed by atoms with Crippen LogP contribution in [-0.4, -0.2) is 22.7 Å². The van der Waals surface area contributed by atoms with Gasteiger partial charge < -0.3 is 15.4 Å². The van der Waals surface area contributed by atoms with Crippen molar-refractivity contribution in [3.05, 3.63) is 63.2 Å². The maximum atomic E-state index is 13.7. The first-order valence-corrected chi connectivity index (χ1v) is 9.65. The Hall–Kier alpha value is -2.23. The number of benzene rings is 2. The zero-order valence-corrected chi connectivity index (χ0v) is 16.8. The lowest BCUT2D eigenvalue weighted by Crippen LogP contribution is -2.20. The van der Waals surface area contributed by atoms with Gasteiger partial charge in [0, 0.05) is 4.47 Å². The van der Waals surface area contributed by atoms with Gasteiger partial charge in [0.05, 0.1) is 10.6 Å². The van der Waals surface area contributed by atoms with Crippen molar-refractivity contribution in [1.29, 1.82) is 0 Å². The molecule has 3 rings (SSSR count). The van der Waals surface area contributed by atoms with Crippen molar-refractivity contribution >= 4 is 67.8 Å². The standard InChI is InChI=1S/C18H12BrFN2O3S2/c19-11-3-6-14(13(20)8-11)21-16(23)9-25-12-4-1-10(2-5-12)7-15-17(24)22-18(26)27-15/h1-8H,9H2,(H,21,23)(H,22,24,26)/b15-7+. The van der Waals surface area contributed by atoms with Crippen molar-refractivity contribution < 1.29 is 18.7 Å². The minimum absolute atomic E-state index is 0.0824. The molecule has 5 nitrogen and oxygen atoms in total. The number of ether oxygens (including phenoxy) is 1. The largest absolute Gasteiger partial charge is 0.484 e. The van der Waals surface area contributed by atoms with E-state index in [9.17, 15) is 14.0 Å². The summed E-state index contributed by atoms with van der Waals surface area (Å²) in [5.41, 5.74) is 0.880. The van der Waals surface area contributed by atoms with Gasteiger partial charge in [-0.1, -0.05) is 52.0 Å². The molecular weight excluding hydrogens is 455 g/mol. The average molecular weight is 467 g/mol. The molecule has 2 N–H and O–H groups in total. The maximum Gasteiger partial charge on any atom is 0.263 e. The van der Waals surface area contributed by atoms with Gasteiger partial charge in [-0.2, -0.15) is 0 Å². The second-order valence-electron chi connectivity index (χ2n) is 5.38. The van der Waals surface area contributed by atoms with Gasteiger partial charge in [-0.15, -0.1) is 0 Å². The third-order valence-electron chi connectivity index (χ3n) is 3.40. The molecule has 0 unspecified atom stereocenters. The number of amides is 2. The van der Waals surface area contributed by atoms with Gasteiger partial charge in [0.15, 0.2) is 6.61 Å². The molecule has 1 saturated heterocycles. The first-order valence-electron chi connectivity index (χ1n) is 7.63. The molecule has 0 bridgehead atoms. The van der Waals surface area contributed by atoms with E-state index in [0.717, 1.165) is 5.56 Å². The number of hydrogen-bond donors (Lipinski definition) is 2. The molecule has 2 aromatic rings. The van der Waals surface area contributed by atoms with E-state index in [1.807, 2.05) is 0 Å². The Morgan fingerprint density at radius 3 is 2.67 bits per heavy atom. The molecule has 0 aliphatic carbocycles. The van der Waals surface area contributed by atoms with Gasteiger partial charge in [-0.3, -0.25) is 9.59 Å². The lowest BCUT2D eigenvalue weighted by atomic mass is 10.2. The second kappa shape index (κ2) is 8.64. The summed E-state index contributed by atoms with van der Waals surface area (Å²) in [6.45, 7) is -0.261. The Morgan fingerprint density at radius 1 is 1.30 bits per heavy atom. The Kier molecular flexibility index (Phi) is 6.25. The Bertz CT molecular complexity index is 948. The number of nitrogens with one attached hydrogen (secondary N) is 2. The van der Waals surface area contributed by atoms with Crippen molar-refractivity contribution in [1.82, 2.24) is 5.32 Å². The fourth-order valence-corrected chi connectivity index (χ4v) is 3.54. The predicted octanol–water partition coefficient (Wildman–Crippen LogP) is 4.09. The van der Waals surface area contributed by atoms with Crippen LogP contribution in [0.25, 0.3) is 6.08 Å². The van der Waals surface area contributed by atoms with Crippen LogP contribution in [-0.2, 0) is 9.59 Å². The molecule has 0 spiro atoms. The number of halogens is 2. The first kappa shape index (κ1) is 19.5. The van der Waals surface area contributed by atoms with Gasteiger partial charge in [0.25, 0.3) is 11.8 Å². The molecule has 138 valence electrons. The summed E-state index contributed by atoms with van der Waals surface area (Å²) in [5, 5.41) is 4.99. The molecule has 1 aliphatic rings. The SMILES string of the molecule is O=C(COc1ccc(/C=C2/SC(=S)NC2=O)cc1)Nc1ccc(Br)cc1F. The van der Waals surface area contributed by atoms with E-state index in [0.29, 0.717) is 19.4 Å². The Balaban J connectivity index is 1.55. The molecule has 0 radical (unpaired) electrons. The van der Waals surface area contributed by atoms with E-state index in [1.165, 1.54) is 23.9 Å². The van der Waals surface area contributed by atoms with Crippen LogP contribution in [0.2, 0.25) is 0 Å². The quantitative estimate of drug-likeness (QED) is 0.512. The van der Waals surface area contributed by atoms with E-state index in [-0.39, 0.29) is 18.2 Å². The molecule has 1 heterocycles. The minimum atomic E-state index is -0.539. The van der Waals surface area contributed by atoms with Gasteiger partial charge in [-0.25, -0.2) is 4.39 Å². The number of carbonyl (C=O) groups is 2. The van der Waals surface area contributed by atoms with E-state index in [2.05, 4.69) is 26.6 Å². The van der Waals surface area contributed by atoms with Crippen LogP contribution in [0.5, 0.6) is 5.75 Å². The number of thiocarbonyl (C=S) groups is 1. The summed E-state index contributed by atoms with van der Waals surface area (Å²) in [6, 6.07) is 11.2. The van der Waals surface area contributed by atoms with Crippen LogP contribution >= 0.6 is 39.9 Å². The third kappa shape index (κ3) is 5.38. The van der Waals surface area contributed by atoms with Crippen molar-refractivity contribution in [3.8, 4) is 5.75 Å². The second-order valence-corrected chi connectivity index (χ2v) is 8.02. The highest BCUT2D eigenvalue weighted by Crippen LogP contribution is 2.26. The highest BCUT2D eigenvalue weighted by atomic mass is 79.9. The topological polar surface area (TPSA) is 67.4 Å². The summed E-state index contributed by atoms with van der Waals surface area (Å²) < 4.78 is 20.1. The zero-order chi connectivity index (χ0) is 19.4. The normalized spacial score (nSPS) is 15.0. The zero-order valence-electron chi connectivity index (χ0n) is 13.6. The molecule has 1 aliphatic heterocycles. The number of carbonyl (C=O) groups excluding carboxylic acids is 2. The maximum absolute atomic E-state index is 13.7. The smallest absolute Gasteiger partial charge is 0.263 e. The summed E-state index contributed by atoms with van der Waals surface area (Å²) in [6.07, 6.45) is 1.71. The van der Waals surface area contributed by atoms with E-state index in [4.69, 9.17) is 17.0 Å². The van der Waals surface area contributed by atoms with Gasteiger partial charge in [-0.05, 0) is 42.0 Å². The minimum Gasteiger partial charge on any atom is -0.484 e. The molecule has 9 heteroatoms. The van der Waals surface area contributed by atoms with E-state index >= 15 is 0 Å². The molecule has 27 heavy (non-hydrogen) atoms. The van der Waals surface area contributed by atoms with Gasteiger partial charge >= 0.3 is 0 Å². The van der Waals surface area contributed by atoms with E-state index < -0.39 is 11.7 Å². The highest BCUT2D eigenvalue weighted by molar-refractivity contribution is 9.10. The number of anilines is 1. The summed E-state index contributed by atoms with van der Waals surface area (Å²) in [4.78, 5) is 24.1. The van der Waals surface area contributed by atoms with Crippen molar-refractivity contribution in [3.63, 3.8) is 0 Å². The van der Waals surface area contributed by atoms with Crippen LogP contribution in [0, 0.1) is 5.82 Å². The number of rotatable bonds is 5. The molecule has 2 amide bonds. The van der Waals surface area contributed by atoms with Crippen LogP contribution in [0.4, 0.5) is 10.1 Å². The summed E-state index contributed by atoms with van der Waals surface area (Å²) >= 11 is 9.29.